The minimum Gasteiger partial charge on any atom is -0.293 e. The van der Waals surface area contributed by atoms with Crippen LogP contribution in [-0.4, -0.2) is 11.7 Å². The van der Waals surface area contributed by atoms with Gasteiger partial charge in [0.25, 0.3) is 0 Å². The van der Waals surface area contributed by atoms with E-state index in [-0.39, 0.29) is 17.2 Å². The zero-order chi connectivity index (χ0) is 10.4. The molecule has 0 aromatic rings. The fourth-order valence-electron chi connectivity index (χ4n) is 0.735. The lowest BCUT2D eigenvalue weighted by atomic mass is 10.1. The Balaban J connectivity index is 4.92. The van der Waals surface area contributed by atoms with Crippen molar-refractivity contribution < 1.29 is 9.18 Å². The number of Topliss-reactive ketones (excluding diaryl/α,β-unsaturated/α-hetero) is 1. The molecule has 0 atom stereocenters. The van der Waals surface area contributed by atoms with Crippen molar-refractivity contribution in [1.29, 1.82) is 0 Å². The summed E-state index contributed by atoms with van der Waals surface area (Å²) in [5.74, 6) is -0.932. The average molecular weight is 203 g/mol. The van der Waals surface area contributed by atoms with E-state index < -0.39 is 5.83 Å². The molecule has 0 aliphatic heterocycles. The molecule has 0 aliphatic carbocycles. The van der Waals surface area contributed by atoms with Crippen LogP contribution in [0.4, 0.5) is 4.39 Å². The van der Waals surface area contributed by atoms with Crippen LogP contribution in [-0.2, 0) is 4.79 Å². The van der Waals surface area contributed by atoms with Gasteiger partial charge in [0.2, 0.25) is 0 Å². The Hall–Kier alpha value is -0.890. The summed E-state index contributed by atoms with van der Waals surface area (Å²) in [6.45, 7) is 6.76. The van der Waals surface area contributed by atoms with Gasteiger partial charge in [0, 0.05) is 5.57 Å². The molecular formula is C10H12ClFO. The van der Waals surface area contributed by atoms with Gasteiger partial charge in [-0.3, -0.25) is 4.79 Å². The minimum atomic E-state index is -0.462. The number of hydrogen-bond acceptors (Lipinski definition) is 1. The smallest absolute Gasteiger partial charge is 0.177 e. The topological polar surface area (TPSA) is 17.1 Å². The molecule has 0 saturated heterocycles. The summed E-state index contributed by atoms with van der Waals surface area (Å²) in [4.78, 5) is 11.1. The second-order valence-electron chi connectivity index (χ2n) is 2.57. The van der Waals surface area contributed by atoms with Crippen molar-refractivity contribution in [1.82, 2.24) is 0 Å². The lowest BCUT2D eigenvalue weighted by molar-refractivity contribution is -0.113. The quantitative estimate of drug-likeness (QED) is 0.389. The first-order chi connectivity index (χ1) is 6.02. The van der Waals surface area contributed by atoms with E-state index in [9.17, 15) is 9.18 Å². The van der Waals surface area contributed by atoms with E-state index in [2.05, 4.69) is 6.58 Å². The predicted octanol–water partition coefficient (Wildman–Crippen LogP) is 3.17. The van der Waals surface area contributed by atoms with Crippen molar-refractivity contribution >= 4 is 17.4 Å². The maximum absolute atomic E-state index is 12.8. The van der Waals surface area contributed by atoms with Crippen LogP contribution < -0.4 is 0 Å². The van der Waals surface area contributed by atoms with E-state index in [0.29, 0.717) is 5.57 Å². The Kier molecular flexibility index (Phi) is 5.31. The first kappa shape index (κ1) is 12.1. The van der Waals surface area contributed by atoms with E-state index in [1.165, 1.54) is 6.08 Å². The molecule has 0 fully saturated rings. The number of carbonyl (C=O) groups excluding carboxylic acids is 1. The van der Waals surface area contributed by atoms with Gasteiger partial charge < -0.3 is 0 Å². The van der Waals surface area contributed by atoms with Crippen molar-refractivity contribution in [3.8, 4) is 0 Å². The minimum absolute atomic E-state index is 0.157. The number of halogens is 2. The Morgan fingerprint density at radius 3 is 2.46 bits per heavy atom. The number of hydrogen-bond donors (Lipinski definition) is 0. The molecule has 0 rings (SSSR count). The molecule has 0 saturated carbocycles. The molecule has 0 aromatic heterocycles. The summed E-state index contributed by atoms with van der Waals surface area (Å²) in [5.41, 5.74) is 0.758. The third kappa shape index (κ3) is 4.04. The first-order valence-electron chi connectivity index (χ1n) is 3.81. The van der Waals surface area contributed by atoms with Gasteiger partial charge in [-0.1, -0.05) is 12.7 Å². The second-order valence-corrected chi connectivity index (χ2v) is 2.84. The molecule has 0 aromatic carbocycles. The Bertz CT molecular complexity index is 277. The van der Waals surface area contributed by atoms with Gasteiger partial charge in [-0.15, -0.1) is 11.6 Å². The van der Waals surface area contributed by atoms with E-state index in [1.807, 2.05) is 0 Å². The number of rotatable bonds is 4. The summed E-state index contributed by atoms with van der Waals surface area (Å²) in [7, 11) is 0. The normalized spacial score (nSPS) is 12.9. The highest BCUT2D eigenvalue weighted by atomic mass is 35.5. The van der Waals surface area contributed by atoms with Crippen molar-refractivity contribution in [3.63, 3.8) is 0 Å². The summed E-state index contributed by atoms with van der Waals surface area (Å²) < 4.78 is 12.8. The van der Waals surface area contributed by atoms with Crippen molar-refractivity contribution in [2.45, 2.75) is 13.8 Å². The summed E-state index contributed by atoms with van der Waals surface area (Å²) in [6.07, 6.45) is 2.41. The number of ketones is 1. The highest BCUT2D eigenvalue weighted by molar-refractivity contribution is 6.31. The van der Waals surface area contributed by atoms with Crippen molar-refractivity contribution in [2.24, 2.45) is 0 Å². The Morgan fingerprint density at radius 1 is 1.62 bits per heavy atom. The third-order valence-corrected chi connectivity index (χ3v) is 1.68. The Labute approximate surface area is 82.6 Å². The fraction of sp³-hybridized carbons (Fsp3) is 0.300. The molecule has 0 amide bonds. The molecule has 13 heavy (non-hydrogen) atoms. The second kappa shape index (κ2) is 5.70. The van der Waals surface area contributed by atoms with Crippen LogP contribution in [0.3, 0.4) is 0 Å². The maximum atomic E-state index is 12.8. The van der Waals surface area contributed by atoms with Crippen molar-refractivity contribution in [2.75, 3.05) is 5.88 Å². The lowest BCUT2D eigenvalue weighted by Crippen LogP contribution is -2.04. The van der Waals surface area contributed by atoms with Gasteiger partial charge in [-0.05, 0) is 25.5 Å². The van der Waals surface area contributed by atoms with Gasteiger partial charge >= 0.3 is 0 Å². The molecule has 0 N–H and O–H groups in total. The zero-order valence-electron chi connectivity index (χ0n) is 7.73. The van der Waals surface area contributed by atoms with Crippen LogP contribution in [0.2, 0.25) is 0 Å². The fourth-order valence-corrected chi connectivity index (χ4v) is 0.879. The lowest BCUT2D eigenvalue weighted by Gasteiger charge is -2.01. The third-order valence-electron chi connectivity index (χ3n) is 1.44. The molecule has 0 bridgehead atoms. The highest BCUT2D eigenvalue weighted by Gasteiger charge is 2.09. The zero-order valence-corrected chi connectivity index (χ0v) is 8.49. The van der Waals surface area contributed by atoms with Crippen LogP contribution in [0.5, 0.6) is 0 Å². The summed E-state index contributed by atoms with van der Waals surface area (Å²) in [6, 6.07) is 0. The van der Waals surface area contributed by atoms with E-state index in [1.54, 1.807) is 13.8 Å². The van der Waals surface area contributed by atoms with Crippen LogP contribution >= 0.6 is 11.6 Å². The molecule has 0 radical (unpaired) electrons. The SMILES string of the molecule is C=C(C)C(=CC(F)=CC)C(=O)CCl. The molecule has 3 heteroatoms. The predicted molar refractivity (Wildman–Crippen MR) is 53.5 cm³/mol. The largest absolute Gasteiger partial charge is 0.293 e. The van der Waals surface area contributed by atoms with Crippen LogP contribution in [0.25, 0.3) is 0 Å². The van der Waals surface area contributed by atoms with Crippen LogP contribution in [0.15, 0.2) is 35.7 Å². The van der Waals surface area contributed by atoms with Gasteiger partial charge in [0.1, 0.15) is 5.83 Å². The number of carbonyl (C=O) groups is 1. The molecule has 1 nitrogen and oxygen atoms in total. The number of allylic oxidation sites excluding steroid dienone is 5. The Morgan fingerprint density at radius 2 is 2.15 bits per heavy atom. The summed E-state index contributed by atoms with van der Waals surface area (Å²) in [5, 5.41) is 0. The van der Waals surface area contributed by atoms with Crippen molar-refractivity contribution in [3.05, 3.63) is 35.7 Å². The maximum Gasteiger partial charge on any atom is 0.177 e. The molecule has 0 unspecified atom stereocenters. The van der Waals surface area contributed by atoms with Gasteiger partial charge in [-0.25, -0.2) is 4.39 Å². The van der Waals surface area contributed by atoms with Crippen LogP contribution in [0, 0.1) is 0 Å². The number of alkyl halides is 1. The molecular weight excluding hydrogens is 191 g/mol. The summed E-state index contributed by atoms with van der Waals surface area (Å²) >= 11 is 5.34. The average Bonchev–Trinajstić information content (AvgIpc) is 2.11. The van der Waals surface area contributed by atoms with E-state index in [4.69, 9.17) is 11.6 Å². The highest BCUT2D eigenvalue weighted by Crippen LogP contribution is 2.13. The first-order valence-corrected chi connectivity index (χ1v) is 4.35. The van der Waals surface area contributed by atoms with Crippen LogP contribution in [0.1, 0.15) is 13.8 Å². The van der Waals surface area contributed by atoms with E-state index >= 15 is 0 Å². The molecule has 0 spiro atoms. The van der Waals surface area contributed by atoms with Gasteiger partial charge in [0.15, 0.2) is 5.78 Å². The standard InChI is InChI=1S/C10H12ClFO/c1-4-8(12)5-9(7(2)3)10(13)6-11/h4-5H,2,6H2,1,3H3. The molecule has 72 valence electrons. The van der Waals surface area contributed by atoms with Gasteiger partial charge in [-0.2, -0.15) is 0 Å². The molecule has 0 aliphatic rings. The van der Waals surface area contributed by atoms with Gasteiger partial charge in [0.05, 0.1) is 5.88 Å². The molecule has 0 heterocycles. The van der Waals surface area contributed by atoms with E-state index in [0.717, 1.165) is 6.08 Å². The monoisotopic (exact) mass is 202 g/mol.